The number of benzene rings is 3. The molecule has 3 aromatic carbocycles. The molecular weight excluding hydrogens is 588 g/mol. The predicted octanol–water partition coefficient (Wildman–Crippen LogP) is 4.55. The zero-order chi connectivity index (χ0) is 30.2. The number of likely N-dealkylation sites (tertiary alicyclic amines) is 2. The Bertz CT molecular complexity index is 1580. The molecule has 3 fully saturated rings. The molecule has 0 spiro atoms. The minimum atomic E-state index is -3.70. The fourth-order valence-corrected chi connectivity index (χ4v) is 8.28. The Labute approximate surface area is 257 Å². The van der Waals surface area contributed by atoms with Gasteiger partial charge in [0.25, 0.3) is 5.91 Å². The molecule has 1 amide bonds. The Balaban J connectivity index is 1.09. The maximum Gasteiger partial charge on any atom is 0.256 e. The molecule has 3 saturated heterocycles. The molecule has 3 aromatic rings. The van der Waals surface area contributed by atoms with Gasteiger partial charge in [-0.05, 0) is 81.2 Å². The summed E-state index contributed by atoms with van der Waals surface area (Å²) in [5, 5.41) is 0.373. The van der Waals surface area contributed by atoms with Crippen molar-refractivity contribution in [1.82, 2.24) is 9.80 Å². The van der Waals surface area contributed by atoms with Crippen LogP contribution < -0.4 is 11.5 Å². The van der Waals surface area contributed by atoms with Crippen LogP contribution in [0.3, 0.4) is 0 Å². The summed E-state index contributed by atoms with van der Waals surface area (Å²) in [6.45, 7) is 4.15. The molecule has 0 radical (unpaired) electrons. The third-order valence-corrected chi connectivity index (χ3v) is 11.1. The van der Waals surface area contributed by atoms with E-state index < -0.39 is 15.6 Å². The summed E-state index contributed by atoms with van der Waals surface area (Å²) in [5.74, 6) is -0.821. The molecule has 0 bridgehead atoms. The van der Waals surface area contributed by atoms with Crippen LogP contribution in [-0.2, 0) is 25.1 Å². The highest BCUT2D eigenvalue weighted by atomic mass is 35.5. The largest absolute Gasteiger partial charge is 0.397 e. The van der Waals surface area contributed by atoms with E-state index in [0.29, 0.717) is 54.3 Å². The van der Waals surface area contributed by atoms with Gasteiger partial charge >= 0.3 is 0 Å². The molecule has 6 rings (SSSR count). The molecule has 0 aromatic heterocycles. The van der Waals surface area contributed by atoms with Crippen molar-refractivity contribution in [2.75, 3.05) is 50.9 Å². The van der Waals surface area contributed by atoms with Crippen molar-refractivity contribution in [3.63, 3.8) is 0 Å². The van der Waals surface area contributed by atoms with E-state index in [2.05, 4.69) is 4.90 Å². The summed E-state index contributed by atoms with van der Waals surface area (Å²) in [6, 6.07) is 18.8. The van der Waals surface area contributed by atoms with E-state index in [0.717, 1.165) is 44.3 Å². The molecule has 0 aliphatic carbocycles. The lowest BCUT2D eigenvalue weighted by Gasteiger charge is -2.45. The fraction of sp³-hybridized carbons (Fsp3) is 0.406. The number of rotatable bonds is 6. The summed E-state index contributed by atoms with van der Waals surface area (Å²) in [6.07, 6.45) is 3.59. The van der Waals surface area contributed by atoms with Crippen molar-refractivity contribution in [3.05, 3.63) is 82.9 Å². The highest BCUT2D eigenvalue weighted by Crippen LogP contribution is 2.44. The lowest BCUT2D eigenvalue weighted by Crippen LogP contribution is -2.51. The number of carbonyl (C=O) groups is 1. The summed E-state index contributed by atoms with van der Waals surface area (Å²) >= 11 is 6.04. The van der Waals surface area contributed by atoms with Crippen LogP contribution in [0, 0.1) is 5.92 Å². The summed E-state index contributed by atoms with van der Waals surface area (Å²) in [7, 11) is -3.70. The van der Waals surface area contributed by atoms with Crippen LogP contribution in [0.5, 0.6) is 0 Å². The Morgan fingerprint density at radius 3 is 2.14 bits per heavy atom. The van der Waals surface area contributed by atoms with E-state index in [4.69, 9.17) is 32.5 Å². The highest BCUT2D eigenvalue weighted by molar-refractivity contribution is 7.91. The lowest BCUT2D eigenvalue weighted by molar-refractivity contribution is -0.215. The van der Waals surface area contributed by atoms with Gasteiger partial charge in [-0.1, -0.05) is 35.9 Å². The molecule has 3 aliphatic rings. The molecule has 11 heteroatoms. The van der Waals surface area contributed by atoms with Gasteiger partial charge < -0.3 is 30.7 Å². The van der Waals surface area contributed by atoms with Crippen molar-refractivity contribution in [3.8, 4) is 0 Å². The van der Waals surface area contributed by atoms with E-state index in [-0.39, 0.29) is 21.6 Å². The van der Waals surface area contributed by atoms with Crippen LogP contribution in [0.15, 0.2) is 76.5 Å². The zero-order valence-electron chi connectivity index (χ0n) is 24.0. The number of piperidine rings is 2. The number of nitrogen functional groups attached to an aromatic ring is 2. The maximum absolute atomic E-state index is 13.2. The number of amides is 1. The van der Waals surface area contributed by atoms with Crippen molar-refractivity contribution in [2.24, 2.45) is 5.92 Å². The first-order valence-electron chi connectivity index (χ1n) is 14.8. The van der Waals surface area contributed by atoms with Crippen molar-refractivity contribution < 1.29 is 22.7 Å². The number of nitrogens with two attached hydrogens (primary N) is 2. The molecule has 0 unspecified atom stereocenters. The van der Waals surface area contributed by atoms with Crippen LogP contribution in [-0.4, -0.2) is 69.6 Å². The molecule has 3 aliphatic heterocycles. The summed E-state index contributed by atoms with van der Waals surface area (Å²) < 4.78 is 39.0. The Morgan fingerprint density at radius 2 is 1.49 bits per heavy atom. The summed E-state index contributed by atoms with van der Waals surface area (Å²) in [5.41, 5.74) is 14.1. The molecule has 4 N–H and O–H groups in total. The number of sulfone groups is 1. The second-order valence-electron chi connectivity index (χ2n) is 11.5. The minimum absolute atomic E-state index is 0.0641. The van der Waals surface area contributed by atoms with E-state index in [1.54, 1.807) is 48.5 Å². The number of ether oxygens (including phenoxy) is 2. The van der Waals surface area contributed by atoms with E-state index in [1.807, 2.05) is 17.0 Å². The summed E-state index contributed by atoms with van der Waals surface area (Å²) in [4.78, 5) is 17.8. The second kappa shape index (κ2) is 12.1. The van der Waals surface area contributed by atoms with Crippen molar-refractivity contribution in [1.29, 1.82) is 0 Å². The molecule has 228 valence electrons. The number of hydrogen-bond donors (Lipinski definition) is 2. The average Bonchev–Trinajstić information content (AvgIpc) is 3.54. The monoisotopic (exact) mass is 624 g/mol. The van der Waals surface area contributed by atoms with E-state index in [1.165, 1.54) is 6.07 Å². The first-order valence-corrected chi connectivity index (χ1v) is 16.6. The first-order chi connectivity index (χ1) is 20.7. The number of anilines is 2. The van der Waals surface area contributed by atoms with Crippen LogP contribution in [0.4, 0.5) is 11.4 Å². The van der Waals surface area contributed by atoms with Gasteiger partial charge in [0, 0.05) is 35.6 Å². The minimum Gasteiger partial charge on any atom is -0.397 e. The van der Waals surface area contributed by atoms with Crippen molar-refractivity contribution >= 4 is 38.7 Å². The second-order valence-corrected chi connectivity index (χ2v) is 13.9. The van der Waals surface area contributed by atoms with Gasteiger partial charge in [-0.3, -0.25) is 4.79 Å². The molecule has 0 saturated carbocycles. The van der Waals surface area contributed by atoms with Crippen LogP contribution >= 0.6 is 11.6 Å². The zero-order valence-corrected chi connectivity index (χ0v) is 25.5. The first kappa shape index (κ1) is 29.9. The van der Waals surface area contributed by atoms with Crippen LogP contribution in [0.25, 0.3) is 0 Å². The third-order valence-electron chi connectivity index (χ3n) is 9.10. The van der Waals surface area contributed by atoms with Crippen LogP contribution in [0.2, 0.25) is 5.02 Å². The topological polar surface area (TPSA) is 128 Å². The fourth-order valence-electron chi connectivity index (χ4n) is 6.72. The lowest BCUT2D eigenvalue weighted by atomic mass is 9.83. The van der Waals surface area contributed by atoms with Gasteiger partial charge in [-0.2, -0.15) is 0 Å². The third kappa shape index (κ3) is 5.74. The molecule has 3 heterocycles. The molecule has 43 heavy (non-hydrogen) atoms. The number of hydrogen-bond acceptors (Lipinski definition) is 8. The normalized spacial score (nSPS) is 20.3. The number of para-hydroxylation sites is 1. The SMILES string of the molecule is Nc1cccc(C(=O)N2CCC(N3CCC(C4(c5ccc(S(=O)(=O)c6cccc(Cl)c6)cc5)OCCO4)CC3)CC2)c1N. The van der Waals surface area contributed by atoms with Crippen LogP contribution in [0.1, 0.15) is 41.6 Å². The van der Waals surface area contributed by atoms with E-state index >= 15 is 0 Å². The number of carbonyl (C=O) groups excluding carboxylic acids is 1. The van der Waals surface area contributed by atoms with Gasteiger partial charge in [-0.25, -0.2) is 8.42 Å². The number of halogens is 1. The predicted molar refractivity (Wildman–Crippen MR) is 165 cm³/mol. The molecule has 0 atom stereocenters. The molecule has 9 nitrogen and oxygen atoms in total. The van der Waals surface area contributed by atoms with Gasteiger partial charge in [0.2, 0.25) is 9.84 Å². The maximum atomic E-state index is 13.2. The Hall–Kier alpha value is -3.15. The van der Waals surface area contributed by atoms with Gasteiger partial charge in [0.15, 0.2) is 5.79 Å². The smallest absolute Gasteiger partial charge is 0.256 e. The standard InChI is InChI=1S/C32H37ClN4O5S/c33-24-3-1-4-27(21-24)43(39,40)26-9-7-22(8-10-26)32(41-19-20-42-32)23-11-15-36(16-12-23)25-13-17-37(18-14-25)31(38)28-5-2-6-29(34)30(28)35/h1-10,21,23,25H,11-20,34-35H2. The average molecular weight is 625 g/mol. The Kier molecular flexibility index (Phi) is 8.41. The van der Waals surface area contributed by atoms with Gasteiger partial charge in [0.05, 0.1) is 39.9 Å². The van der Waals surface area contributed by atoms with E-state index in [9.17, 15) is 13.2 Å². The van der Waals surface area contributed by atoms with Crippen molar-refractivity contribution in [2.45, 2.75) is 47.3 Å². The Morgan fingerprint density at radius 1 is 0.837 bits per heavy atom. The highest BCUT2D eigenvalue weighted by Gasteiger charge is 2.47. The van der Waals surface area contributed by atoms with Gasteiger partial charge in [0.1, 0.15) is 0 Å². The molecular formula is C32H37ClN4O5S. The number of nitrogens with zero attached hydrogens (tertiary/aromatic N) is 2. The quantitative estimate of drug-likeness (QED) is 0.382. The van der Waals surface area contributed by atoms with Gasteiger partial charge in [-0.15, -0.1) is 0 Å².